The lowest BCUT2D eigenvalue weighted by Crippen LogP contribution is -2.65. The molecule has 15 nitrogen and oxygen atoms in total. The molecule has 2 aliphatic heterocycles. The molecule has 2 heterocycles. The topological polar surface area (TPSA) is 214 Å². The van der Waals surface area contributed by atoms with Crippen LogP contribution in [0.1, 0.15) is 106 Å². The fourth-order valence-electron chi connectivity index (χ4n) is 5.37. The summed E-state index contributed by atoms with van der Waals surface area (Å²) < 4.78 is 41.1. The lowest BCUT2D eigenvalue weighted by molar-refractivity contribution is -0.384. The van der Waals surface area contributed by atoms with Gasteiger partial charge in [0.05, 0.1) is 24.4 Å². The summed E-state index contributed by atoms with van der Waals surface area (Å²) in [4.78, 5) is 52.8. The van der Waals surface area contributed by atoms with Gasteiger partial charge in [-0.1, -0.05) is 74.1 Å². The van der Waals surface area contributed by atoms with E-state index in [9.17, 15) is 39.6 Å². The van der Waals surface area contributed by atoms with Gasteiger partial charge in [0.25, 0.3) is 0 Å². The monoisotopic (exact) mass is 720 g/mol. The zero-order chi connectivity index (χ0) is 37.6. The number of aliphatic hydroxyl groups is 4. The molecule has 0 spiro atoms. The van der Waals surface area contributed by atoms with Gasteiger partial charge in [0.15, 0.2) is 18.3 Å². The Kier molecular flexibility index (Phi) is 18.6. The summed E-state index contributed by atoms with van der Waals surface area (Å²) in [7, 11) is 0. The Morgan fingerprint density at radius 2 is 1.28 bits per heavy atom. The molecule has 0 bridgehead atoms. The van der Waals surface area contributed by atoms with E-state index in [0.29, 0.717) is 25.7 Å². The number of esters is 4. The maximum Gasteiger partial charge on any atom is 0.309 e. The van der Waals surface area contributed by atoms with Crippen molar-refractivity contribution in [3.8, 4) is 0 Å². The van der Waals surface area contributed by atoms with Crippen LogP contribution < -0.4 is 0 Å². The zero-order valence-corrected chi connectivity index (χ0v) is 30.6. The van der Waals surface area contributed by atoms with Crippen LogP contribution >= 0.6 is 0 Å². The average molecular weight is 721 g/mol. The molecule has 0 amide bonds. The first-order valence-electron chi connectivity index (χ1n) is 18.1. The van der Waals surface area contributed by atoms with Crippen LogP contribution in [0.25, 0.3) is 0 Å². The van der Waals surface area contributed by atoms with E-state index in [1.54, 1.807) is 41.5 Å². The predicted molar refractivity (Wildman–Crippen MR) is 176 cm³/mol. The van der Waals surface area contributed by atoms with E-state index in [0.717, 1.165) is 25.7 Å². The summed E-state index contributed by atoms with van der Waals surface area (Å²) in [6.07, 6.45) is -7.52. The predicted octanol–water partition coefficient (Wildman–Crippen LogP) is 2.31. The second kappa shape index (κ2) is 21.2. The second-order valence-corrected chi connectivity index (χ2v) is 13.4. The number of ether oxygens (including phenoxy) is 7. The van der Waals surface area contributed by atoms with Crippen molar-refractivity contribution >= 4 is 23.9 Å². The van der Waals surface area contributed by atoms with E-state index >= 15 is 0 Å². The first-order valence-corrected chi connectivity index (χ1v) is 18.1. The molecule has 0 aromatic heterocycles. The molecule has 2 saturated heterocycles. The van der Waals surface area contributed by atoms with E-state index in [-0.39, 0.29) is 6.42 Å². The van der Waals surface area contributed by atoms with E-state index in [1.807, 2.05) is 0 Å². The molecule has 2 rings (SSSR count). The quantitative estimate of drug-likeness (QED) is 0.0761. The van der Waals surface area contributed by atoms with Gasteiger partial charge in [-0.2, -0.15) is 0 Å². The van der Waals surface area contributed by atoms with Gasteiger partial charge in [0.1, 0.15) is 37.6 Å². The minimum atomic E-state index is -2.41. The minimum absolute atomic E-state index is 0.00883. The molecular formula is C35H60O15. The van der Waals surface area contributed by atoms with Gasteiger partial charge in [-0.3, -0.25) is 19.2 Å². The zero-order valence-electron chi connectivity index (χ0n) is 30.6. The molecule has 3 unspecified atom stereocenters. The Morgan fingerprint density at radius 3 is 1.80 bits per heavy atom. The van der Waals surface area contributed by atoms with Crippen molar-refractivity contribution in [3.63, 3.8) is 0 Å². The Hall–Kier alpha value is -2.40. The first-order chi connectivity index (χ1) is 23.7. The summed E-state index contributed by atoms with van der Waals surface area (Å²) in [6, 6.07) is 0. The molecule has 0 radical (unpaired) electrons. The Labute approximate surface area is 295 Å². The summed E-state index contributed by atoms with van der Waals surface area (Å²) in [6.45, 7) is 9.99. The van der Waals surface area contributed by atoms with Crippen LogP contribution in [0.5, 0.6) is 0 Å². The van der Waals surface area contributed by atoms with Crippen molar-refractivity contribution in [2.75, 3.05) is 19.8 Å². The SMILES string of the molecule is CCCCCCCC(=O)O[C@@H]1[C@@H](OC(=O)C(C)CC)[C@@H](O[C@]2(CO)O[C@H](CO)[C@@H](O)[C@@H]2O)O[C@H](COC(=O)C(C)CC)[C@H]1OC(=O)C(C)CC. The maximum atomic E-state index is 13.4. The molecule has 0 aliphatic carbocycles. The third kappa shape index (κ3) is 11.6. The minimum Gasteiger partial charge on any atom is -0.463 e. The van der Waals surface area contributed by atoms with Crippen LogP contribution in [0.2, 0.25) is 0 Å². The molecule has 290 valence electrons. The van der Waals surface area contributed by atoms with Crippen molar-refractivity contribution < 1.29 is 72.8 Å². The standard InChI is InChI=1S/C35H60O15/c1-8-12-13-14-15-16-25(38)46-28-27(47-32(42)21(6)10-3)24(18-44-31(41)20(5)9-2)45-34(29(28)48-33(43)22(7)11-4)50-35(19-37)30(40)26(39)23(17-36)49-35/h20-24,26-30,34,36-37,39-40H,8-19H2,1-7H3/t20?,21?,22?,23-,24-,26-,27-,28+,29-,30+,34-,35+/m1/s1. The lowest BCUT2D eigenvalue weighted by Gasteiger charge is -2.46. The molecule has 50 heavy (non-hydrogen) atoms. The highest BCUT2D eigenvalue weighted by molar-refractivity contribution is 5.74. The molecule has 0 saturated carbocycles. The highest BCUT2D eigenvalue weighted by Crippen LogP contribution is 2.38. The van der Waals surface area contributed by atoms with Gasteiger partial charge in [0.2, 0.25) is 12.1 Å². The number of hydrogen-bond donors (Lipinski definition) is 4. The third-order valence-electron chi connectivity index (χ3n) is 9.50. The van der Waals surface area contributed by atoms with Gasteiger partial charge in [-0.15, -0.1) is 0 Å². The Balaban J connectivity index is 2.67. The number of aliphatic hydroxyl groups excluding tert-OH is 4. The van der Waals surface area contributed by atoms with Gasteiger partial charge in [-0.05, 0) is 25.7 Å². The van der Waals surface area contributed by atoms with Crippen molar-refractivity contribution in [2.45, 2.75) is 161 Å². The normalized spacial score (nSPS) is 31.3. The van der Waals surface area contributed by atoms with Crippen molar-refractivity contribution in [2.24, 2.45) is 17.8 Å². The lowest BCUT2D eigenvalue weighted by atomic mass is 9.96. The highest BCUT2D eigenvalue weighted by Gasteiger charge is 2.61. The van der Waals surface area contributed by atoms with Gasteiger partial charge in [0, 0.05) is 6.42 Å². The number of hydrogen-bond acceptors (Lipinski definition) is 15. The van der Waals surface area contributed by atoms with E-state index < -0.39 is 116 Å². The second-order valence-electron chi connectivity index (χ2n) is 13.4. The third-order valence-corrected chi connectivity index (χ3v) is 9.50. The highest BCUT2D eigenvalue weighted by atomic mass is 16.8. The molecule has 0 aromatic carbocycles. The largest absolute Gasteiger partial charge is 0.463 e. The van der Waals surface area contributed by atoms with Crippen molar-refractivity contribution in [3.05, 3.63) is 0 Å². The van der Waals surface area contributed by atoms with E-state index in [2.05, 4.69) is 6.92 Å². The van der Waals surface area contributed by atoms with Crippen LogP contribution in [0.4, 0.5) is 0 Å². The summed E-state index contributed by atoms with van der Waals surface area (Å²) >= 11 is 0. The summed E-state index contributed by atoms with van der Waals surface area (Å²) in [5.74, 6) is -6.85. The Morgan fingerprint density at radius 1 is 0.720 bits per heavy atom. The molecular weight excluding hydrogens is 660 g/mol. The Bertz CT molecular complexity index is 1070. The number of carbonyl (C=O) groups is 4. The first kappa shape index (κ1) is 43.8. The smallest absolute Gasteiger partial charge is 0.309 e. The molecule has 0 aromatic rings. The molecule has 12 atom stereocenters. The van der Waals surface area contributed by atoms with Crippen LogP contribution in [0.15, 0.2) is 0 Å². The summed E-state index contributed by atoms with van der Waals surface area (Å²) in [5, 5.41) is 41.6. The summed E-state index contributed by atoms with van der Waals surface area (Å²) in [5.41, 5.74) is 0. The molecule has 15 heteroatoms. The number of carbonyl (C=O) groups excluding carboxylic acids is 4. The fourth-order valence-corrected chi connectivity index (χ4v) is 5.37. The van der Waals surface area contributed by atoms with Crippen molar-refractivity contribution in [1.29, 1.82) is 0 Å². The van der Waals surface area contributed by atoms with Crippen LogP contribution in [0, 0.1) is 17.8 Å². The van der Waals surface area contributed by atoms with Gasteiger partial charge < -0.3 is 53.6 Å². The van der Waals surface area contributed by atoms with Gasteiger partial charge in [-0.25, -0.2) is 0 Å². The maximum absolute atomic E-state index is 13.4. The van der Waals surface area contributed by atoms with Crippen LogP contribution in [0.3, 0.4) is 0 Å². The fraction of sp³-hybridized carbons (Fsp3) is 0.886. The van der Waals surface area contributed by atoms with Crippen molar-refractivity contribution in [1.82, 2.24) is 0 Å². The van der Waals surface area contributed by atoms with Crippen LogP contribution in [-0.2, 0) is 52.3 Å². The molecule has 2 fully saturated rings. The number of unbranched alkanes of at least 4 members (excludes halogenated alkanes) is 4. The van der Waals surface area contributed by atoms with E-state index in [1.165, 1.54) is 0 Å². The molecule has 4 N–H and O–H groups in total. The van der Waals surface area contributed by atoms with E-state index in [4.69, 9.17) is 33.2 Å². The van der Waals surface area contributed by atoms with Crippen LogP contribution in [-0.4, -0.2) is 119 Å². The number of rotatable bonds is 21. The molecule has 2 aliphatic rings. The average Bonchev–Trinajstić information content (AvgIpc) is 3.36. The van der Waals surface area contributed by atoms with Gasteiger partial charge >= 0.3 is 23.9 Å².